The second-order valence-corrected chi connectivity index (χ2v) is 8.96. The highest BCUT2D eigenvalue weighted by atomic mass is 32.1. The molecule has 31 heavy (non-hydrogen) atoms. The first kappa shape index (κ1) is 20.1. The third kappa shape index (κ3) is 3.70. The molecule has 2 saturated heterocycles. The number of piperidine rings is 1. The Hall–Kier alpha value is -2.84. The topological polar surface area (TPSA) is 79.3 Å². The largest absolute Gasteiger partial charge is 0.507 e. The number of benzene rings is 1. The Morgan fingerprint density at radius 3 is 2.65 bits per heavy atom. The Bertz CT molecular complexity index is 1030. The molecule has 1 aromatic heterocycles. The number of aliphatic hydroxyl groups excluding tert-OH is 1. The average Bonchev–Trinajstić information content (AvgIpc) is 3.53. The molecule has 0 aliphatic carbocycles. The van der Waals surface area contributed by atoms with Crippen LogP contribution in [0.1, 0.15) is 35.7 Å². The van der Waals surface area contributed by atoms with Gasteiger partial charge in [0.05, 0.1) is 11.6 Å². The number of ether oxygens (including phenoxy) is 2. The van der Waals surface area contributed by atoms with Gasteiger partial charge in [-0.15, -0.1) is 11.3 Å². The van der Waals surface area contributed by atoms with E-state index in [0.717, 1.165) is 37.4 Å². The Kier molecular flexibility index (Phi) is 5.41. The summed E-state index contributed by atoms with van der Waals surface area (Å²) in [6, 6.07) is 8.23. The lowest BCUT2D eigenvalue weighted by Crippen LogP contribution is -2.39. The Morgan fingerprint density at radius 1 is 1.06 bits per heavy atom. The lowest BCUT2D eigenvalue weighted by molar-refractivity contribution is -0.140. The zero-order valence-corrected chi connectivity index (χ0v) is 17.9. The highest BCUT2D eigenvalue weighted by molar-refractivity contribution is 7.10. The van der Waals surface area contributed by atoms with Gasteiger partial charge in [-0.3, -0.25) is 9.59 Å². The fraction of sp³-hybridized carbons (Fsp3) is 0.391. The van der Waals surface area contributed by atoms with Crippen LogP contribution < -0.4 is 9.47 Å². The van der Waals surface area contributed by atoms with Gasteiger partial charge in [-0.2, -0.15) is 0 Å². The number of aliphatic hydroxyl groups is 1. The fourth-order valence-electron chi connectivity index (χ4n) is 4.48. The van der Waals surface area contributed by atoms with Gasteiger partial charge in [0.15, 0.2) is 11.5 Å². The van der Waals surface area contributed by atoms with Crippen LogP contribution in [0, 0.1) is 0 Å². The number of rotatable bonds is 5. The molecule has 162 valence electrons. The standard InChI is InChI=1S/C23H24N2O5S/c26-21(15-6-7-16-17(13-15)30-14-29-16)19-20(18-5-4-12-31-18)25(23(28)22(19)27)11-10-24-8-2-1-3-9-24/h4-7,12-13,20,26H,1-3,8-11,14H2/b21-19+. The molecule has 0 bridgehead atoms. The number of Topliss-reactive ketones (excluding diaryl/α,β-unsaturated/α-hetero) is 1. The highest BCUT2D eigenvalue weighted by Crippen LogP contribution is 2.42. The van der Waals surface area contributed by atoms with Crippen molar-refractivity contribution < 1.29 is 24.2 Å². The monoisotopic (exact) mass is 440 g/mol. The van der Waals surface area contributed by atoms with Crippen LogP contribution in [0.15, 0.2) is 41.3 Å². The van der Waals surface area contributed by atoms with E-state index in [9.17, 15) is 14.7 Å². The molecule has 2 aromatic rings. The van der Waals surface area contributed by atoms with Crippen molar-refractivity contribution in [2.75, 3.05) is 33.0 Å². The van der Waals surface area contributed by atoms with Gasteiger partial charge in [0, 0.05) is 23.5 Å². The molecular weight excluding hydrogens is 416 g/mol. The van der Waals surface area contributed by atoms with E-state index in [1.54, 1.807) is 23.1 Å². The summed E-state index contributed by atoms with van der Waals surface area (Å²) in [5, 5.41) is 13.0. The van der Waals surface area contributed by atoms with Crippen molar-refractivity contribution in [3.63, 3.8) is 0 Å². The van der Waals surface area contributed by atoms with E-state index < -0.39 is 17.7 Å². The summed E-state index contributed by atoms with van der Waals surface area (Å²) in [6.07, 6.45) is 3.57. The van der Waals surface area contributed by atoms with Crippen molar-refractivity contribution in [1.82, 2.24) is 9.80 Å². The minimum absolute atomic E-state index is 0.121. The van der Waals surface area contributed by atoms with Crippen LogP contribution in [-0.2, 0) is 9.59 Å². The number of likely N-dealkylation sites (tertiary alicyclic amines) is 2. The summed E-state index contributed by atoms with van der Waals surface area (Å²) < 4.78 is 10.7. The fourth-order valence-corrected chi connectivity index (χ4v) is 5.33. The molecule has 0 radical (unpaired) electrons. The quantitative estimate of drug-likeness (QED) is 0.436. The molecule has 2 fully saturated rings. The molecule has 1 aromatic carbocycles. The summed E-state index contributed by atoms with van der Waals surface area (Å²) in [5.41, 5.74) is 0.560. The van der Waals surface area contributed by atoms with Crippen LogP contribution in [0.5, 0.6) is 11.5 Å². The lowest BCUT2D eigenvalue weighted by Gasteiger charge is -2.30. The first-order chi connectivity index (χ1) is 15.1. The number of ketones is 1. The molecule has 7 nitrogen and oxygen atoms in total. The molecule has 3 aliphatic rings. The minimum Gasteiger partial charge on any atom is -0.507 e. The molecule has 1 amide bonds. The number of hydrogen-bond donors (Lipinski definition) is 1. The van der Waals surface area contributed by atoms with Gasteiger partial charge in [-0.25, -0.2) is 0 Å². The van der Waals surface area contributed by atoms with E-state index in [1.807, 2.05) is 17.5 Å². The number of nitrogens with zero attached hydrogens (tertiary/aromatic N) is 2. The molecule has 0 spiro atoms. The number of carbonyl (C=O) groups is 2. The van der Waals surface area contributed by atoms with E-state index in [-0.39, 0.29) is 18.1 Å². The molecule has 0 saturated carbocycles. The third-order valence-electron chi connectivity index (χ3n) is 6.10. The Morgan fingerprint density at radius 2 is 1.87 bits per heavy atom. The predicted octanol–water partition coefficient (Wildman–Crippen LogP) is 3.38. The molecule has 5 rings (SSSR count). The highest BCUT2D eigenvalue weighted by Gasteiger charge is 2.46. The Labute approximate surface area is 184 Å². The molecule has 1 unspecified atom stereocenters. The van der Waals surface area contributed by atoms with Gasteiger partial charge >= 0.3 is 0 Å². The van der Waals surface area contributed by atoms with Crippen molar-refractivity contribution in [2.24, 2.45) is 0 Å². The molecule has 8 heteroatoms. The van der Waals surface area contributed by atoms with Gasteiger partial charge in [0.1, 0.15) is 5.76 Å². The van der Waals surface area contributed by atoms with E-state index in [0.29, 0.717) is 23.6 Å². The predicted molar refractivity (Wildman–Crippen MR) is 116 cm³/mol. The zero-order chi connectivity index (χ0) is 21.4. The Balaban J connectivity index is 1.50. The van der Waals surface area contributed by atoms with E-state index >= 15 is 0 Å². The van der Waals surface area contributed by atoms with Crippen LogP contribution in [0.2, 0.25) is 0 Å². The number of fused-ring (bicyclic) bond motifs is 1. The first-order valence-corrected chi connectivity index (χ1v) is 11.5. The summed E-state index contributed by atoms with van der Waals surface area (Å²) in [4.78, 5) is 30.8. The normalized spacial score (nSPS) is 23.0. The molecule has 1 N–H and O–H groups in total. The number of carbonyl (C=O) groups excluding carboxylic acids is 2. The maximum Gasteiger partial charge on any atom is 0.295 e. The summed E-state index contributed by atoms with van der Waals surface area (Å²) in [6.45, 7) is 3.33. The smallest absolute Gasteiger partial charge is 0.295 e. The molecule has 1 atom stereocenters. The van der Waals surface area contributed by atoms with Gasteiger partial charge in [0.2, 0.25) is 6.79 Å². The number of thiophene rings is 1. The van der Waals surface area contributed by atoms with Crippen molar-refractivity contribution in [3.8, 4) is 11.5 Å². The lowest BCUT2D eigenvalue weighted by atomic mass is 9.99. The average molecular weight is 441 g/mol. The number of amides is 1. The van der Waals surface area contributed by atoms with Gasteiger partial charge in [-0.1, -0.05) is 12.5 Å². The van der Waals surface area contributed by atoms with E-state index in [4.69, 9.17) is 9.47 Å². The van der Waals surface area contributed by atoms with Crippen molar-refractivity contribution in [2.45, 2.75) is 25.3 Å². The van der Waals surface area contributed by atoms with Crippen LogP contribution in [0.3, 0.4) is 0 Å². The van der Waals surface area contributed by atoms with Gasteiger partial charge < -0.3 is 24.4 Å². The molecule has 4 heterocycles. The summed E-state index contributed by atoms with van der Waals surface area (Å²) in [5.74, 6) is -0.287. The number of hydrogen-bond acceptors (Lipinski definition) is 7. The first-order valence-electron chi connectivity index (χ1n) is 10.6. The molecular formula is C23H24N2O5S. The van der Waals surface area contributed by atoms with Crippen molar-refractivity contribution in [3.05, 3.63) is 51.7 Å². The zero-order valence-electron chi connectivity index (χ0n) is 17.1. The van der Waals surface area contributed by atoms with Crippen molar-refractivity contribution in [1.29, 1.82) is 0 Å². The van der Waals surface area contributed by atoms with Crippen LogP contribution in [0.25, 0.3) is 5.76 Å². The van der Waals surface area contributed by atoms with Crippen LogP contribution >= 0.6 is 11.3 Å². The SMILES string of the molecule is O=C1C(=O)N(CCN2CCCCC2)C(c2cccs2)/C1=C(\O)c1ccc2c(c1)OCO2. The van der Waals surface area contributed by atoms with E-state index in [2.05, 4.69) is 4.90 Å². The summed E-state index contributed by atoms with van der Waals surface area (Å²) >= 11 is 1.48. The second-order valence-electron chi connectivity index (χ2n) is 7.98. The third-order valence-corrected chi connectivity index (χ3v) is 7.03. The molecule has 3 aliphatic heterocycles. The minimum atomic E-state index is -0.646. The van der Waals surface area contributed by atoms with E-state index in [1.165, 1.54) is 17.8 Å². The van der Waals surface area contributed by atoms with Gasteiger partial charge in [-0.05, 0) is 55.6 Å². The second kappa shape index (κ2) is 8.36. The maximum atomic E-state index is 13.0. The van der Waals surface area contributed by atoms with Gasteiger partial charge in [0.25, 0.3) is 11.7 Å². The summed E-state index contributed by atoms with van der Waals surface area (Å²) in [7, 11) is 0. The van der Waals surface area contributed by atoms with Crippen molar-refractivity contribution >= 4 is 28.8 Å². The maximum absolute atomic E-state index is 13.0. The van der Waals surface area contributed by atoms with Crippen LogP contribution in [-0.4, -0.2) is 59.6 Å². The van der Waals surface area contributed by atoms with Crippen LogP contribution in [0.4, 0.5) is 0 Å².